The van der Waals surface area contributed by atoms with E-state index >= 15 is 0 Å². The van der Waals surface area contributed by atoms with E-state index in [4.69, 9.17) is 33.7 Å². The Morgan fingerprint density at radius 2 is 1.93 bits per heavy atom. The molecule has 0 atom stereocenters. The van der Waals surface area contributed by atoms with Gasteiger partial charge in [0.15, 0.2) is 11.5 Å². The molecule has 0 saturated heterocycles. The van der Waals surface area contributed by atoms with Crippen LogP contribution in [0, 0.1) is 6.92 Å². The second-order valence-corrected chi connectivity index (χ2v) is 7.14. The Morgan fingerprint density at radius 1 is 1.17 bits per heavy atom. The lowest BCUT2D eigenvalue weighted by Gasteiger charge is -2.10. The fourth-order valence-corrected chi connectivity index (χ4v) is 2.92. The van der Waals surface area contributed by atoms with Crippen molar-refractivity contribution in [3.05, 3.63) is 57.7 Å². The van der Waals surface area contributed by atoms with Crippen LogP contribution in [0.5, 0.6) is 5.75 Å². The first kappa shape index (κ1) is 21.4. The van der Waals surface area contributed by atoms with E-state index in [9.17, 15) is 9.59 Å². The van der Waals surface area contributed by atoms with Crippen molar-refractivity contribution in [1.29, 1.82) is 0 Å². The number of benzene rings is 2. The van der Waals surface area contributed by atoms with E-state index in [-0.39, 0.29) is 18.1 Å². The Hall–Kier alpha value is -3.30. The highest BCUT2D eigenvalue weighted by molar-refractivity contribution is 6.31. The number of nitrogen functional groups attached to an aromatic ring is 1. The van der Waals surface area contributed by atoms with Crippen molar-refractivity contribution < 1.29 is 14.3 Å². The summed E-state index contributed by atoms with van der Waals surface area (Å²) in [5.74, 6) is -0.680. The molecule has 156 valence electrons. The number of anilines is 3. The van der Waals surface area contributed by atoms with Gasteiger partial charge < -0.3 is 21.1 Å². The number of nitrogens with two attached hydrogens (primary N) is 1. The molecule has 1 aromatic heterocycles. The van der Waals surface area contributed by atoms with Gasteiger partial charge in [-0.2, -0.15) is 0 Å². The topological polar surface area (TPSA) is 124 Å². The van der Waals surface area contributed by atoms with Crippen LogP contribution in [-0.2, 0) is 11.3 Å². The van der Waals surface area contributed by atoms with Gasteiger partial charge in [-0.3, -0.25) is 9.59 Å². The van der Waals surface area contributed by atoms with Crippen LogP contribution in [0.3, 0.4) is 0 Å². The molecular weight excluding hydrogens is 431 g/mol. The molecule has 0 radical (unpaired) electrons. The molecule has 4 N–H and O–H groups in total. The number of rotatable bonds is 6. The molecule has 9 nitrogen and oxygen atoms in total. The second kappa shape index (κ2) is 9.02. The van der Waals surface area contributed by atoms with Crippen LogP contribution in [-0.4, -0.2) is 33.9 Å². The molecule has 2 amide bonds. The SMILES string of the molecule is COc1ccc(Cl)cc1NC(=O)c1nnn(CC(=O)Nc2ccc(C)c(Cl)c2)c1N. The molecule has 0 spiro atoms. The lowest BCUT2D eigenvalue weighted by Crippen LogP contribution is -2.21. The first-order chi connectivity index (χ1) is 14.3. The van der Waals surface area contributed by atoms with Gasteiger partial charge in [-0.1, -0.05) is 34.5 Å². The minimum atomic E-state index is -0.620. The summed E-state index contributed by atoms with van der Waals surface area (Å²) in [7, 11) is 1.46. The Kier molecular flexibility index (Phi) is 6.43. The summed E-state index contributed by atoms with van der Waals surface area (Å²) in [6.07, 6.45) is 0. The zero-order chi connectivity index (χ0) is 21.8. The predicted octanol–water partition coefficient (Wildman–Crippen LogP) is 3.38. The van der Waals surface area contributed by atoms with Crippen molar-refractivity contribution in [2.75, 3.05) is 23.5 Å². The molecule has 3 aromatic rings. The quantitative estimate of drug-likeness (QED) is 0.530. The number of halogens is 2. The highest BCUT2D eigenvalue weighted by Crippen LogP contribution is 2.28. The van der Waals surface area contributed by atoms with Crippen molar-refractivity contribution in [3.8, 4) is 5.75 Å². The van der Waals surface area contributed by atoms with Crippen LogP contribution in [0.4, 0.5) is 17.2 Å². The molecule has 1 heterocycles. The third kappa shape index (κ3) is 4.81. The molecule has 0 aliphatic heterocycles. The number of amides is 2. The van der Waals surface area contributed by atoms with E-state index in [1.165, 1.54) is 13.2 Å². The van der Waals surface area contributed by atoms with E-state index < -0.39 is 11.8 Å². The second-order valence-electron chi connectivity index (χ2n) is 6.29. The summed E-state index contributed by atoms with van der Waals surface area (Å²) in [5, 5.41) is 13.8. The minimum absolute atomic E-state index is 0.0643. The highest BCUT2D eigenvalue weighted by Gasteiger charge is 2.20. The first-order valence-corrected chi connectivity index (χ1v) is 9.44. The summed E-state index contributed by atoms with van der Waals surface area (Å²) in [4.78, 5) is 24.8. The van der Waals surface area contributed by atoms with Crippen LogP contribution >= 0.6 is 23.2 Å². The van der Waals surface area contributed by atoms with E-state index in [1.807, 2.05) is 6.92 Å². The van der Waals surface area contributed by atoms with Gasteiger partial charge in [0.25, 0.3) is 5.91 Å². The number of carbonyl (C=O) groups is 2. The fourth-order valence-electron chi connectivity index (χ4n) is 2.57. The molecule has 2 aromatic carbocycles. The molecule has 0 aliphatic carbocycles. The van der Waals surface area contributed by atoms with Gasteiger partial charge in [0.1, 0.15) is 12.3 Å². The fraction of sp³-hybridized carbons (Fsp3) is 0.158. The Balaban J connectivity index is 1.70. The largest absolute Gasteiger partial charge is 0.495 e. The monoisotopic (exact) mass is 448 g/mol. The maximum absolute atomic E-state index is 12.6. The Morgan fingerprint density at radius 3 is 2.63 bits per heavy atom. The van der Waals surface area contributed by atoms with Crippen molar-refractivity contribution in [2.45, 2.75) is 13.5 Å². The first-order valence-electron chi connectivity index (χ1n) is 8.68. The number of nitrogens with one attached hydrogen (secondary N) is 2. The molecule has 3 rings (SSSR count). The molecule has 30 heavy (non-hydrogen) atoms. The van der Waals surface area contributed by atoms with E-state index in [0.717, 1.165) is 10.2 Å². The lowest BCUT2D eigenvalue weighted by atomic mass is 10.2. The average molecular weight is 449 g/mol. The summed E-state index contributed by atoms with van der Waals surface area (Å²) in [5.41, 5.74) is 7.59. The maximum atomic E-state index is 12.6. The maximum Gasteiger partial charge on any atom is 0.280 e. The Bertz CT molecular complexity index is 1120. The van der Waals surface area contributed by atoms with Gasteiger partial charge in [-0.15, -0.1) is 5.10 Å². The van der Waals surface area contributed by atoms with Crippen molar-refractivity contribution >= 4 is 52.2 Å². The van der Waals surface area contributed by atoms with Crippen LogP contribution in [0.25, 0.3) is 0 Å². The van der Waals surface area contributed by atoms with Gasteiger partial charge in [-0.05, 0) is 42.8 Å². The summed E-state index contributed by atoms with van der Waals surface area (Å²) in [6.45, 7) is 1.62. The molecule has 0 bridgehead atoms. The number of methoxy groups -OCH3 is 1. The van der Waals surface area contributed by atoms with Gasteiger partial charge in [0.2, 0.25) is 5.91 Å². The summed E-state index contributed by atoms with van der Waals surface area (Å²) < 4.78 is 6.31. The zero-order valence-electron chi connectivity index (χ0n) is 16.1. The lowest BCUT2D eigenvalue weighted by molar-refractivity contribution is -0.116. The number of carbonyl (C=O) groups excluding carboxylic acids is 2. The van der Waals surface area contributed by atoms with Crippen molar-refractivity contribution in [2.24, 2.45) is 0 Å². The molecule has 11 heteroatoms. The highest BCUT2D eigenvalue weighted by atomic mass is 35.5. The number of hydrogen-bond acceptors (Lipinski definition) is 6. The van der Waals surface area contributed by atoms with Crippen LogP contribution < -0.4 is 21.1 Å². The number of hydrogen-bond donors (Lipinski definition) is 3. The number of nitrogens with zero attached hydrogens (tertiary/aromatic N) is 3. The third-order valence-corrected chi connectivity index (χ3v) is 4.79. The molecular formula is C19H18Cl2N6O3. The van der Waals surface area contributed by atoms with E-state index in [1.54, 1.807) is 30.3 Å². The van der Waals surface area contributed by atoms with Gasteiger partial charge in [-0.25, -0.2) is 4.68 Å². The minimum Gasteiger partial charge on any atom is -0.495 e. The van der Waals surface area contributed by atoms with Crippen LogP contribution in [0.15, 0.2) is 36.4 Å². The molecule has 0 saturated carbocycles. The van der Waals surface area contributed by atoms with Crippen LogP contribution in [0.1, 0.15) is 16.1 Å². The number of aryl methyl sites for hydroxylation is 1. The normalized spacial score (nSPS) is 10.5. The molecule has 0 fully saturated rings. The van der Waals surface area contributed by atoms with E-state index in [0.29, 0.717) is 27.2 Å². The van der Waals surface area contributed by atoms with Crippen molar-refractivity contribution in [1.82, 2.24) is 15.0 Å². The van der Waals surface area contributed by atoms with Crippen molar-refractivity contribution in [3.63, 3.8) is 0 Å². The van der Waals surface area contributed by atoms with Crippen LogP contribution in [0.2, 0.25) is 10.0 Å². The molecule has 0 unspecified atom stereocenters. The Labute approximate surface area is 182 Å². The smallest absolute Gasteiger partial charge is 0.280 e. The van der Waals surface area contributed by atoms with Gasteiger partial charge in [0, 0.05) is 15.7 Å². The van der Waals surface area contributed by atoms with Gasteiger partial charge >= 0.3 is 0 Å². The zero-order valence-corrected chi connectivity index (χ0v) is 17.6. The van der Waals surface area contributed by atoms with Gasteiger partial charge in [0.05, 0.1) is 12.8 Å². The number of ether oxygens (including phenoxy) is 1. The molecule has 0 aliphatic rings. The predicted molar refractivity (Wildman–Crippen MR) is 115 cm³/mol. The average Bonchev–Trinajstić information content (AvgIpc) is 3.05. The summed E-state index contributed by atoms with van der Waals surface area (Å²) in [6, 6.07) is 9.91. The third-order valence-electron chi connectivity index (χ3n) is 4.15. The summed E-state index contributed by atoms with van der Waals surface area (Å²) >= 11 is 12.0. The number of aromatic nitrogens is 3. The standard InChI is InChI=1S/C19H18Cl2N6O3/c1-10-3-5-12(8-13(10)21)23-16(28)9-27-18(22)17(25-26-27)19(29)24-14-7-11(20)4-6-15(14)30-2/h3-8H,9,22H2,1-2H3,(H,23,28)(H,24,29). The van der Waals surface area contributed by atoms with E-state index in [2.05, 4.69) is 20.9 Å².